The van der Waals surface area contributed by atoms with Gasteiger partial charge in [-0.05, 0) is 87.0 Å². The van der Waals surface area contributed by atoms with Crippen molar-refractivity contribution in [2.75, 3.05) is 10.0 Å². The number of carboxylic acids is 1. The summed E-state index contributed by atoms with van der Waals surface area (Å²) >= 11 is 0. The highest BCUT2D eigenvalue weighted by Gasteiger charge is 2.39. The van der Waals surface area contributed by atoms with Gasteiger partial charge in [-0.1, -0.05) is 23.3 Å². The lowest BCUT2D eigenvalue weighted by Crippen LogP contribution is -2.32. The molecule has 0 aliphatic heterocycles. The number of carboxylic acid groups (broad SMARTS) is 1. The molecule has 5 rings (SSSR count). The number of carbonyl (C=O) groups excluding carboxylic acids is 1. The van der Waals surface area contributed by atoms with Crippen LogP contribution in [-0.2, 0) is 14.8 Å². The molecule has 0 radical (unpaired) electrons. The van der Waals surface area contributed by atoms with Crippen molar-refractivity contribution >= 4 is 33.6 Å². The number of sulfonamides is 1. The Morgan fingerprint density at radius 3 is 2.31 bits per heavy atom. The average Bonchev–Trinajstić information content (AvgIpc) is 3.39. The first-order chi connectivity index (χ1) is 18.7. The maximum Gasteiger partial charge on any atom is 0.330 e. The van der Waals surface area contributed by atoms with Gasteiger partial charge in [0.15, 0.2) is 0 Å². The number of rotatable bonds is 8. The molecule has 1 aromatic carbocycles. The molecule has 12 heteroatoms. The number of anilines is 2. The number of aliphatic carboxylic acids is 1. The van der Waals surface area contributed by atoms with Gasteiger partial charge in [-0.2, -0.15) is 0 Å². The Labute approximate surface area is 226 Å². The number of hydrogen-bond acceptors (Lipinski definition) is 8. The number of amides is 1. The number of nitrogens with one attached hydrogen (secondary N) is 2. The van der Waals surface area contributed by atoms with E-state index in [-0.39, 0.29) is 17.2 Å². The molecule has 0 bridgehead atoms. The zero-order chi connectivity index (χ0) is 27.5. The van der Waals surface area contributed by atoms with Gasteiger partial charge in [-0.3, -0.25) is 14.6 Å². The number of pyridine rings is 1. The second-order valence-electron chi connectivity index (χ2n) is 10.6. The molecule has 2 heterocycles. The van der Waals surface area contributed by atoms with E-state index in [1.54, 1.807) is 30.5 Å². The standard InChI is InChI=1S/C27H31N5O6S/c33-23(34)16-18-8-12-27(13-9-18)14-10-19(11-15-27)22-7-6-20(17-28-22)29-24(35)25-30-31-26(38-25)32-39(36,37)21-4-2-1-3-5-21/h1-7,17-19H,8-16H2,(H,29,35)(H,31,32)(H,33,34). The van der Waals surface area contributed by atoms with Crippen LogP contribution >= 0.6 is 0 Å². The van der Waals surface area contributed by atoms with E-state index in [1.165, 1.54) is 12.1 Å². The molecule has 2 fully saturated rings. The summed E-state index contributed by atoms with van der Waals surface area (Å²) in [4.78, 5) is 28.2. The van der Waals surface area contributed by atoms with Crippen molar-refractivity contribution in [2.45, 2.75) is 68.6 Å². The molecular formula is C27H31N5O6S. The molecule has 2 aliphatic rings. The second-order valence-corrected chi connectivity index (χ2v) is 12.3. The van der Waals surface area contributed by atoms with Gasteiger partial charge >= 0.3 is 23.8 Å². The topological polar surface area (TPSA) is 164 Å². The lowest BCUT2D eigenvalue weighted by molar-refractivity contribution is -0.138. The molecule has 2 saturated carbocycles. The van der Waals surface area contributed by atoms with Gasteiger partial charge < -0.3 is 14.8 Å². The first-order valence-corrected chi connectivity index (χ1v) is 14.6. The summed E-state index contributed by atoms with van der Waals surface area (Å²) in [6, 6.07) is 11.0. The Kier molecular flexibility index (Phi) is 7.65. The molecule has 39 heavy (non-hydrogen) atoms. The molecule has 0 unspecified atom stereocenters. The van der Waals surface area contributed by atoms with Crippen molar-refractivity contribution in [3.05, 3.63) is 60.2 Å². The predicted octanol–water partition coefficient (Wildman–Crippen LogP) is 4.83. The Morgan fingerprint density at radius 2 is 1.67 bits per heavy atom. The lowest BCUT2D eigenvalue weighted by Gasteiger charge is -2.44. The van der Waals surface area contributed by atoms with Gasteiger partial charge in [0.1, 0.15) is 0 Å². The zero-order valence-electron chi connectivity index (χ0n) is 21.4. The SMILES string of the molecule is O=C(O)CC1CCC2(CC1)CCC(c1ccc(NC(=O)c3nnc(NS(=O)(=O)c4ccccc4)o3)cn1)CC2. The fraction of sp³-hybridized carbons (Fsp3) is 0.444. The smallest absolute Gasteiger partial charge is 0.330 e. The molecule has 3 N–H and O–H groups in total. The van der Waals surface area contributed by atoms with E-state index in [1.807, 2.05) is 6.07 Å². The molecule has 1 spiro atoms. The van der Waals surface area contributed by atoms with E-state index < -0.39 is 27.9 Å². The van der Waals surface area contributed by atoms with Crippen molar-refractivity contribution in [3.63, 3.8) is 0 Å². The first-order valence-electron chi connectivity index (χ1n) is 13.1. The minimum atomic E-state index is -3.93. The minimum Gasteiger partial charge on any atom is -0.481 e. The van der Waals surface area contributed by atoms with Crippen LogP contribution in [0.4, 0.5) is 11.7 Å². The van der Waals surface area contributed by atoms with Gasteiger partial charge in [0.2, 0.25) is 0 Å². The fourth-order valence-electron chi connectivity index (χ4n) is 5.80. The van der Waals surface area contributed by atoms with Crippen molar-refractivity contribution < 1.29 is 27.5 Å². The van der Waals surface area contributed by atoms with E-state index in [4.69, 9.17) is 9.52 Å². The highest BCUT2D eigenvalue weighted by Crippen LogP contribution is 2.52. The Bertz CT molecular complexity index is 1410. The molecule has 1 amide bonds. The Morgan fingerprint density at radius 1 is 0.974 bits per heavy atom. The van der Waals surface area contributed by atoms with Crippen LogP contribution in [0, 0.1) is 11.3 Å². The number of hydrogen-bond donors (Lipinski definition) is 3. The van der Waals surface area contributed by atoms with E-state index in [0.717, 1.165) is 57.1 Å². The quantitative estimate of drug-likeness (QED) is 0.354. The van der Waals surface area contributed by atoms with Crippen molar-refractivity contribution in [2.24, 2.45) is 11.3 Å². The maximum atomic E-state index is 12.6. The van der Waals surface area contributed by atoms with Crippen LogP contribution in [0.25, 0.3) is 0 Å². The Balaban J connectivity index is 1.13. The van der Waals surface area contributed by atoms with Crippen LogP contribution in [0.15, 0.2) is 58.0 Å². The van der Waals surface area contributed by atoms with Crippen LogP contribution < -0.4 is 10.0 Å². The fourth-order valence-corrected chi connectivity index (χ4v) is 6.75. The van der Waals surface area contributed by atoms with Gasteiger partial charge in [0.25, 0.3) is 10.0 Å². The summed E-state index contributed by atoms with van der Waals surface area (Å²) in [6.07, 6.45) is 10.5. The first kappa shape index (κ1) is 26.8. The van der Waals surface area contributed by atoms with Gasteiger partial charge in [0, 0.05) is 18.0 Å². The summed E-state index contributed by atoms with van der Waals surface area (Å²) in [5.74, 6) is -1.10. The number of benzene rings is 1. The number of aromatic nitrogens is 3. The number of nitrogens with zero attached hydrogens (tertiary/aromatic N) is 3. The lowest BCUT2D eigenvalue weighted by atomic mass is 9.61. The molecule has 206 valence electrons. The van der Waals surface area contributed by atoms with E-state index in [2.05, 4.69) is 25.2 Å². The third-order valence-corrected chi connectivity index (χ3v) is 9.37. The largest absolute Gasteiger partial charge is 0.481 e. The van der Waals surface area contributed by atoms with Crippen molar-refractivity contribution in [3.8, 4) is 0 Å². The van der Waals surface area contributed by atoms with Crippen LogP contribution in [0.1, 0.15) is 80.1 Å². The van der Waals surface area contributed by atoms with Gasteiger partial charge in [-0.15, -0.1) is 5.10 Å². The van der Waals surface area contributed by atoms with Crippen LogP contribution in [-0.4, -0.2) is 40.6 Å². The highest BCUT2D eigenvalue weighted by atomic mass is 32.2. The highest BCUT2D eigenvalue weighted by molar-refractivity contribution is 7.92. The van der Waals surface area contributed by atoms with Crippen LogP contribution in [0.2, 0.25) is 0 Å². The summed E-state index contributed by atoms with van der Waals surface area (Å²) in [6.45, 7) is 0. The molecule has 11 nitrogen and oxygen atoms in total. The van der Waals surface area contributed by atoms with E-state index in [0.29, 0.717) is 22.9 Å². The summed E-state index contributed by atoms with van der Waals surface area (Å²) in [5, 5.41) is 19.0. The maximum absolute atomic E-state index is 12.6. The van der Waals surface area contributed by atoms with Crippen LogP contribution in [0.3, 0.4) is 0 Å². The second kappa shape index (κ2) is 11.1. The molecule has 0 atom stereocenters. The summed E-state index contributed by atoms with van der Waals surface area (Å²) < 4.78 is 32.2. The molecular weight excluding hydrogens is 522 g/mol. The third-order valence-electron chi connectivity index (χ3n) is 8.03. The summed E-state index contributed by atoms with van der Waals surface area (Å²) in [5.41, 5.74) is 1.78. The third kappa shape index (κ3) is 6.44. The average molecular weight is 554 g/mol. The molecule has 2 aromatic heterocycles. The summed E-state index contributed by atoms with van der Waals surface area (Å²) in [7, 11) is -3.93. The van der Waals surface area contributed by atoms with Gasteiger partial charge in [-0.25, -0.2) is 13.1 Å². The zero-order valence-corrected chi connectivity index (χ0v) is 22.2. The van der Waals surface area contributed by atoms with Crippen LogP contribution in [0.5, 0.6) is 0 Å². The van der Waals surface area contributed by atoms with Crippen molar-refractivity contribution in [1.29, 1.82) is 0 Å². The Hall–Kier alpha value is -3.80. The molecule has 3 aromatic rings. The minimum absolute atomic E-state index is 0.0246. The van der Waals surface area contributed by atoms with E-state index >= 15 is 0 Å². The van der Waals surface area contributed by atoms with E-state index in [9.17, 15) is 18.0 Å². The molecule has 0 saturated heterocycles. The van der Waals surface area contributed by atoms with Crippen molar-refractivity contribution in [1.82, 2.24) is 15.2 Å². The van der Waals surface area contributed by atoms with Gasteiger partial charge in [0.05, 0.1) is 16.8 Å². The normalized spacial score (nSPS) is 23.3. The molecule has 2 aliphatic carbocycles. The monoisotopic (exact) mass is 553 g/mol. The predicted molar refractivity (Wildman–Crippen MR) is 142 cm³/mol. The number of carbonyl (C=O) groups is 2.